The molecule has 0 fully saturated rings. The average molecular weight is 202 g/mol. The minimum atomic E-state index is 0.238. The van der Waals surface area contributed by atoms with Crippen molar-refractivity contribution in [1.29, 1.82) is 0 Å². The number of aromatic hydroxyl groups is 1. The summed E-state index contributed by atoms with van der Waals surface area (Å²) in [6.45, 7) is 4.11. The zero-order valence-corrected chi connectivity index (χ0v) is 8.94. The van der Waals surface area contributed by atoms with E-state index in [9.17, 15) is 5.11 Å². The van der Waals surface area contributed by atoms with Crippen LogP contribution < -0.4 is 0 Å². The second-order valence-corrected chi connectivity index (χ2v) is 3.76. The summed E-state index contributed by atoms with van der Waals surface area (Å²) in [5.74, 6) is 0.511. The van der Waals surface area contributed by atoms with Gasteiger partial charge in [-0.25, -0.2) is 0 Å². The second kappa shape index (κ2) is 3.85. The molecule has 0 aliphatic rings. The maximum Gasteiger partial charge on any atom is 0.148 e. The number of fused-ring (bicyclic) bond motifs is 1. The molecule has 0 radical (unpaired) electrons. The Hall–Kier alpha value is -1.64. The largest absolute Gasteiger partial charge is 0.505 e. The van der Waals surface area contributed by atoms with Crippen molar-refractivity contribution < 1.29 is 5.11 Å². The summed E-state index contributed by atoms with van der Waals surface area (Å²) in [5, 5.41) is 19.0. The molecule has 0 aliphatic heterocycles. The molecule has 0 saturated heterocycles. The SMILES string of the molecule is CCC(C)c1nnc2ccccc2c1O. The van der Waals surface area contributed by atoms with Gasteiger partial charge in [-0.15, -0.1) is 5.10 Å². The van der Waals surface area contributed by atoms with E-state index in [-0.39, 0.29) is 11.7 Å². The van der Waals surface area contributed by atoms with Gasteiger partial charge in [0.1, 0.15) is 11.4 Å². The fourth-order valence-corrected chi connectivity index (χ4v) is 1.58. The van der Waals surface area contributed by atoms with Crippen LogP contribution in [0.25, 0.3) is 10.9 Å². The van der Waals surface area contributed by atoms with Crippen molar-refractivity contribution >= 4 is 10.9 Å². The van der Waals surface area contributed by atoms with E-state index in [1.54, 1.807) is 0 Å². The number of hydrogen-bond acceptors (Lipinski definition) is 3. The number of nitrogens with zero attached hydrogens (tertiary/aromatic N) is 2. The van der Waals surface area contributed by atoms with Crippen LogP contribution in [0.5, 0.6) is 5.75 Å². The summed E-state index contributed by atoms with van der Waals surface area (Å²) < 4.78 is 0. The van der Waals surface area contributed by atoms with Crippen LogP contribution in [0.15, 0.2) is 24.3 Å². The average Bonchev–Trinajstić information content (AvgIpc) is 2.29. The predicted molar refractivity (Wildman–Crippen MR) is 59.9 cm³/mol. The Bertz CT molecular complexity index is 482. The third-order valence-corrected chi connectivity index (χ3v) is 2.75. The Morgan fingerprint density at radius 3 is 2.73 bits per heavy atom. The topological polar surface area (TPSA) is 46.0 Å². The molecule has 1 atom stereocenters. The van der Waals surface area contributed by atoms with Crippen molar-refractivity contribution in [3.8, 4) is 5.75 Å². The quantitative estimate of drug-likeness (QED) is 0.814. The van der Waals surface area contributed by atoms with Crippen LogP contribution in [-0.2, 0) is 0 Å². The van der Waals surface area contributed by atoms with Gasteiger partial charge in [0.25, 0.3) is 0 Å². The van der Waals surface area contributed by atoms with Gasteiger partial charge in [-0.1, -0.05) is 26.0 Å². The molecule has 0 saturated carbocycles. The van der Waals surface area contributed by atoms with Crippen molar-refractivity contribution in [2.45, 2.75) is 26.2 Å². The van der Waals surface area contributed by atoms with Crippen LogP contribution in [0, 0.1) is 0 Å². The first-order chi connectivity index (χ1) is 7.24. The maximum absolute atomic E-state index is 10.0. The van der Waals surface area contributed by atoms with Gasteiger partial charge in [-0.05, 0) is 18.6 Å². The van der Waals surface area contributed by atoms with Gasteiger partial charge in [0.15, 0.2) is 0 Å². The monoisotopic (exact) mass is 202 g/mol. The van der Waals surface area contributed by atoms with E-state index in [4.69, 9.17) is 0 Å². The summed E-state index contributed by atoms with van der Waals surface area (Å²) in [7, 11) is 0. The fourth-order valence-electron chi connectivity index (χ4n) is 1.58. The molecule has 0 spiro atoms. The van der Waals surface area contributed by atoms with Crippen LogP contribution >= 0.6 is 0 Å². The smallest absolute Gasteiger partial charge is 0.148 e. The van der Waals surface area contributed by atoms with E-state index in [1.807, 2.05) is 31.2 Å². The number of aromatic nitrogens is 2. The lowest BCUT2D eigenvalue weighted by atomic mass is 10.0. The van der Waals surface area contributed by atoms with Crippen molar-refractivity contribution in [3.05, 3.63) is 30.0 Å². The molecule has 0 amide bonds. The number of benzene rings is 1. The van der Waals surface area contributed by atoms with Gasteiger partial charge in [-0.3, -0.25) is 0 Å². The van der Waals surface area contributed by atoms with Crippen LogP contribution in [0.1, 0.15) is 31.9 Å². The summed E-state index contributed by atoms with van der Waals surface area (Å²) in [6.07, 6.45) is 0.945. The fraction of sp³-hybridized carbons (Fsp3) is 0.333. The lowest BCUT2D eigenvalue weighted by molar-refractivity contribution is 0.460. The van der Waals surface area contributed by atoms with Gasteiger partial charge < -0.3 is 5.11 Å². The van der Waals surface area contributed by atoms with Crippen molar-refractivity contribution in [3.63, 3.8) is 0 Å². The Kier molecular flexibility index (Phi) is 2.54. The molecule has 3 nitrogen and oxygen atoms in total. The minimum absolute atomic E-state index is 0.238. The number of rotatable bonds is 2. The van der Waals surface area contributed by atoms with Crippen LogP contribution in [0.4, 0.5) is 0 Å². The highest BCUT2D eigenvalue weighted by atomic mass is 16.3. The molecule has 3 heteroatoms. The highest BCUT2D eigenvalue weighted by Crippen LogP contribution is 2.30. The van der Waals surface area contributed by atoms with Gasteiger partial charge in [0.2, 0.25) is 0 Å². The molecule has 1 aromatic heterocycles. The normalized spacial score (nSPS) is 12.9. The molecule has 1 heterocycles. The van der Waals surface area contributed by atoms with Crippen molar-refractivity contribution in [2.75, 3.05) is 0 Å². The first-order valence-electron chi connectivity index (χ1n) is 5.18. The van der Waals surface area contributed by atoms with E-state index in [0.717, 1.165) is 17.3 Å². The third kappa shape index (κ3) is 1.65. The Morgan fingerprint density at radius 2 is 2.00 bits per heavy atom. The Labute approximate surface area is 88.8 Å². The molecule has 1 aromatic carbocycles. The molecule has 0 aliphatic carbocycles. The highest BCUT2D eigenvalue weighted by molar-refractivity contribution is 5.84. The maximum atomic E-state index is 10.0. The summed E-state index contributed by atoms with van der Waals surface area (Å²) in [6, 6.07) is 7.50. The lowest BCUT2D eigenvalue weighted by Gasteiger charge is -2.10. The summed E-state index contributed by atoms with van der Waals surface area (Å²) >= 11 is 0. The van der Waals surface area contributed by atoms with Crippen molar-refractivity contribution in [1.82, 2.24) is 10.2 Å². The molecule has 2 aromatic rings. The van der Waals surface area contributed by atoms with Crippen molar-refractivity contribution in [2.24, 2.45) is 0 Å². The van der Waals surface area contributed by atoms with Crippen LogP contribution in [-0.4, -0.2) is 15.3 Å². The molecular weight excluding hydrogens is 188 g/mol. The van der Waals surface area contributed by atoms with E-state index in [1.165, 1.54) is 0 Å². The van der Waals surface area contributed by atoms with Gasteiger partial charge in [0.05, 0.1) is 5.52 Å². The van der Waals surface area contributed by atoms with E-state index in [0.29, 0.717) is 5.69 Å². The molecule has 15 heavy (non-hydrogen) atoms. The standard InChI is InChI=1S/C12H14N2O/c1-3-8(2)11-12(15)9-6-4-5-7-10(9)13-14-11/h4-8H,3H2,1-2H3,(H,13,15). The molecule has 1 N–H and O–H groups in total. The molecular formula is C12H14N2O. The van der Waals surface area contributed by atoms with Gasteiger partial charge in [-0.2, -0.15) is 5.10 Å². The third-order valence-electron chi connectivity index (χ3n) is 2.75. The summed E-state index contributed by atoms with van der Waals surface area (Å²) in [5.41, 5.74) is 1.43. The first kappa shape index (κ1) is 9.90. The predicted octanol–water partition coefficient (Wildman–Crippen LogP) is 2.85. The Balaban J connectivity index is 2.65. The minimum Gasteiger partial charge on any atom is -0.505 e. The van der Waals surface area contributed by atoms with Gasteiger partial charge in [0, 0.05) is 11.3 Å². The molecule has 78 valence electrons. The van der Waals surface area contributed by atoms with E-state index in [2.05, 4.69) is 17.1 Å². The lowest BCUT2D eigenvalue weighted by Crippen LogP contribution is -1.99. The highest BCUT2D eigenvalue weighted by Gasteiger charge is 2.13. The van der Waals surface area contributed by atoms with Crippen LogP contribution in [0.3, 0.4) is 0 Å². The Morgan fingerprint density at radius 1 is 1.27 bits per heavy atom. The zero-order valence-electron chi connectivity index (χ0n) is 8.94. The summed E-state index contributed by atoms with van der Waals surface area (Å²) in [4.78, 5) is 0. The molecule has 1 unspecified atom stereocenters. The molecule has 0 bridgehead atoms. The van der Waals surface area contributed by atoms with E-state index >= 15 is 0 Å². The van der Waals surface area contributed by atoms with E-state index < -0.39 is 0 Å². The van der Waals surface area contributed by atoms with Crippen LogP contribution in [0.2, 0.25) is 0 Å². The second-order valence-electron chi connectivity index (χ2n) is 3.76. The number of hydrogen-bond donors (Lipinski definition) is 1. The van der Waals surface area contributed by atoms with Gasteiger partial charge >= 0.3 is 0 Å². The zero-order chi connectivity index (χ0) is 10.8. The first-order valence-corrected chi connectivity index (χ1v) is 5.18. The molecule has 2 rings (SSSR count).